The number of halogens is 1. The maximum absolute atomic E-state index is 14.0. The standard InChI is InChI=1S/C31H36BrN3O4S/c1-23-13-19-29(20-14-23)40(38,39)35(28-11-7-4-8-12-28)22-30(36)34(21-25-15-17-26(32)18-16-25)24(2)31(37)33-27-9-5-3-6-10-27/h4,7-8,11-20,24,27H,3,5-6,9-10,21-22H2,1-2H3,(H,33,37)/t24-/m1/s1. The molecule has 1 aliphatic carbocycles. The van der Waals surface area contributed by atoms with E-state index in [-0.39, 0.29) is 23.4 Å². The van der Waals surface area contributed by atoms with Crippen molar-refractivity contribution >= 4 is 43.5 Å². The van der Waals surface area contributed by atoms with Crippen molar-refractivity contribution in [2.75, 3.05) is 10.8 Å². The molecule has 7 nitrogen and oxygen atoms in total. The van der Waals surface area contributed by atoms with E-state index in [0.29, 0.717) is 5.69 Å². The first-order valence-corrected chi connectivity index (χ1v) is 15.9. The largest absolute Gasteiger partial charge is 0.352 e. The molecule has 2 amide bonds. The topological polar surface area (TPSA) is 86.8 Å². The fourth-order valence-electron chi connectivity index (χ4n) is 4.90. The number of aryl methyl sites for hydroxylation is 1. The van der Waals surface area contributed by atoms with Crippen molar-refractivity contribution < 1.29 is 18.0 Å². The fraction of sp³-hybridized carbons (Fsp3) is 0.355. The molecule has 1 N–H and O–H groups in total. The van der Waals surface area contributed by atoms with E-state index < -0.39 is 28.5 Å². The molecule has 4 rings (SSSR count). The number of rotatable bonds is 10. The molecule has 3 aromatic carbocycles. The summed E-state index contributed by atoms with van der Waals surface area (Å²) in [5.74, 6) is -0.696. The lowest BCUT2D eigenvalue weighted by Gasteiger charge is -2.33. The first-order chi connectivity index (χ1) is 19.1. The Kier molecular flexibility index (Phi) is 10.0. The number of hydrogen-bond acceptors (Lipinski definition) is 4. The lowest BCUT2D eigenvalue weighted by atomic mass is 9.95. The summed E-state index contributed by atoms with van der Waals surface area (Å²) in [5.41, 5.74) is 2.14. The Morgan fingerprint density at radius 1 is 0.925 bits per heavy atom. The van der Waals surface area contributed by atoms with E-state index in [1.54, 1.807) is 61.5 Å². The highest BCUT2D eigenvalue weighted by Crippen LogP contribution is 2.25. The predicted molar refractivity (Wildman–Crippen MR) is 161 cm³/mol. The third-order valence-corrected chi connectivity index (χ3v) is 9.63. The summed E-state index contributed by atoms with van der Waals surface area (Å²) in [5, 5.41) is 3.12. The van der Waals surface area contributed by atoms with Crippen LogP contribution in [0, 0.1) is 6.92 Å². The molecule has 0 saturated heterocycles. The van der Waals surface area contributed by atoms with Gasteiger partial charge in [0.05, 0.1) is 10.6 Å². The van der Waals surface area contributed by atoms with E-state index in [9.17, 15) is 18.0 Å². The summed E-state index contributed by atoms with van der Waals surface area (Å²) in [6.45, 7) is 3.31. The molecule has 0 spiro atoms. The maximum Gasteiger partial charge on any atom is 0.264 e. The summed E-state index contributed by atoms with van der Waals surface area (Å²) >= 11 is 3.44. The first-order valence-electron chi connectivity index (χ1n) is 13.6. The molecule has 0 bridgehead atoms. The average molecular weight is 627 g/mol. The van der Waals surface area contributed by atoms with Crippen LogP contribution < -0.4 is 9.62 Å². The van der Waals surface area contributed by atoms with Gasteiger partial charge in [-0.05, 0) is 68.7 Å². The molecule has 0 aliphatic heterocycles. The van der Waals surface area contributed by atoms with E-state index >= 15 is 0 Å². The van der Waals surface area contributed by atoms with Crippen LogP contribution in [0.1, 0.15) is 50.2 Å². The number of anilines is 1. The van der Waals surface area contributed by atoms with E-state index in [2.05, 4.69) is 21.2 Å². The molecule has 0 unspecified atom stereocenters. The molecule has 212 valence electrons. The van der Waals surface area contributed by atoms with E-state index in [0.717, 1.165) is 45.6 Å². The summed E-state index contributed by atoms with van der Waals surface area (Å²) in [6.07, 6.45) is 5.17. The zero-order valence-corrected chi connectivity index (χ0v) is 25.3. The lowest BCUT2D eigenvalue weighted by molar-refractivity contribution is -0.139. The highest BCUT2D eigenvalue weighted by molar-refractivity contribution is 9.10. The van der Waals surface area contributed by atoms with Crippen molar-refractivity contribution in [3.63, 3.8) is 0 Å². The highest BCUT2D eigenvalue weighted by atomic mass is 79.9. The molecule has 1 saturated carbocycles. The van der Waals surface area contributed by atoms with Crippen LogP contribution in [0.2, 0.25) is 0 Å². The third kappa shape index (κ3) is 7.52. The smallest absolute Gasteiger partial charge is 0.264 e. The fourth-order valence-corrected chi connectivity index (χ4v) is 6.58. The van der Waals surface area contributed by atoms with Gasteiger partial charge >= 0.3 is 0 Å². The number of sulfonamides is 1. The van der Waals surface area contributed by atoms with Crippen molar-refractivity contribution in [3.8, 4) is 0 Å². The first kappa shape index (κ1) is 29.8. The van der Waals surface area contributed by atoms with Crippen LogP contribution in [0.5, 0.6) is 0 Å². The van der Waals surface area contributed by atoms with Crippen LogP contribution in [0.3, 0.4) is 0 Å². The molecule has 0 heterocycles. The minimum atomic E-state index is -4.07. The van der Waals surface area contributed by atoms with Crippen LogP contribution in [0.4, 0.5) is 5.69 Å². The third-order valence-electron chi connectivity index (χ3n) is 7.32. The van der Waals surface area contributed by atoms with Gasteiger partial charge in [-0.15, -0.1) is 0 Å². The van der Waals surface area contributed by atoms with Gasteiger partial charge in [-0.25, -0.2) is 8.42 Å². The lowest BCUT2D eigenvalue weighted by Crippen LogP contribution is -2.53. The molecule has 3 aromatic rings. The van der Waals surface area contributed by atoms with Crippen molar-refractivity contribution in [2.24, 2.45) is 0 Å². The van der Waals surface area contributed by atoms with Gasteiger partial charge < -0.3 is 10.2 Å². The van der Waals surface area contributed by atoms with Crippen LogP contribution in [0.25, 0.3) is 0 Å². The number of carbonyl (C=O) groups excluding carboxylic acids is 2. The number of benzene rings is 3. The van der Waals surface area contributed by atoms with Crippen LogP contribution in [0.15, 0.2) is 88.2 Å². The molecule has 1 atom stereocenters. The van der Waals surface area contributed by atoms with Gasteiger partial charge in [0.1, 0.15) is 12.6 Å². The second kappa shape index (κ2) is 13.5. The Labute approximate surface area is 245 Å². The predicted octanol–water partition coefficient (Wildman–Crippen LogP) is 5.82. The van der Waals surface area contributed by atoms with E-state index in [4.69, 9.17) is 0 Å². The van der Waals surface area contributed by atoms with Crippen molar-refractivity contribution in [1.29, 1.82) is 0 Å². The molecular formula is C31H36BrN3O4S. The quantitative estimate of drug-likeness (QED) is 0.308. The number of carbonyl (C=O) groups is 2. The average Bonchev–Trinajstić information content (AvgIpc) is 2.96. The van der Waals surface area contributed by atoms with Gasteiger partial charge in [0.15, 0.2) is 0 Å². The number of nitrogens with one attached hydrogen (secondary N) is 1. The van der Waals surface area contributed by atoms with Gasteiger partial charge in [-0.2, -0.15) is 0 Å². The number of hydrogen-bond donors (Lipinski definition) is 1. The number of nitrogens with zero attached hydrogens (tertiary/aromatic N) is 2. The summed E-state index contributed by atoms with van der Waals surface area (Å²) < 4.78 is 29.7. The van der Waals surface area contributed by atoms with Gasteiger partial charge in [0.25, 0.3) is 10.0 Å². The van der Waals surface area contributed by atoms with Crippen LogP contribution >= 0.6 is 15.9 Å². The van der Waals surface area contributed by atoms with E-state index in [1.165, 1.54) is 11.3 Å². The normalized spacial score (nSPS) is 14.8. The molecule has 1 fully saturated rings. The molecular weight excluding hydrogens is 590 g/mol. The maximum atomic E-state index is 14.0. The zero-order valence-electron chi connectivity index (χ0n) is 22.9. The van der Waals surface area contributed by atoms with Crippen molar-refractivity contribution in [2.45, 2.75) is 69.5 Å². The molecule has 0 aromatic heterocycles. The Balaban J connectivity index is 1.65. The molecule has 9 heteroatoms. The Morgan fingerprint density at radius 2 is 1.55 bits per heavy atom. The monoisotopic (exact) mass is 625 g/mol. The van der Waals surface area contributed by atoms with Crippen LogP contribution in [-0.4, -0.2) is 43.8 Å². The highest BCUT2D eigenvalue weighted by Gasteiger charge is 2.33. The number of para-hydroxylation sites is 1. The minimum Gasteiger partial charge on any atom is -0.352 e. The van der Waals surface area contributed by atoms with Crippen molar-refractivity contribution in [3.05, 3.63) is 94.5 Å². The second-order valence-electron chi connectivity index (χ2n) is 10.3. The number of amides is 2. The van der Waals surface area contributed by atoms with E-state index in [1.807, 2.05) is 31.2 Å². The van der Waals surface area contributed by atoms with Gasteiger partial charge in [-0.1, -0.05) is 83.2 Å². The Hall–Kier alpha value is -3.17. The molecule has 40 heavy (non-hydrogen) atoms. The summed E-state index contributed by atoms with van der Waals surface area (Å²) in [7, 11) is -4.07. The second-order valence-corrected chi connectivity index (χ2v) is 13.1. The summed E-state index contributed by atoms with van der Waals surface area (Å²) in [4.78, 5) is 28.9. The molecule has 1 aliphatic rings. The molecule has 0 radical (unpaired) electrons. The Morgan fingerprint density at radius 3 is 2.17 bits per heavy atom. The minimum absolute atomic E-state index is 0.0936. The summed E-state index contributed by atoms with van der Waals surface area (Å²) in [6, 6.07) is 22.0. The Bertz CT molecular complexity index is 1390. The van der Waals surface area contributed by atoms with Gasteiger partial charge in [-0.3, -0.25) is 13.9 Å². The van der Waals surface area contributed by atoms with Gasteiger partial charge in [0, 0.05) is 17.1 Å². The van der Waals surface area contributed by atoms with Crippen LogP contribution in [-0.2, 0) is 26.2 Å². The van der Waals surface area contributed by atoms with Crippen molar-refractivity contribution in [1.82, 2.24) is 10.2 Å². The SMILES string of the molecule is Cc1ccc(S(=O)(=O)N(CC(=O)N(Cc2ccc(Br)cc2)[C@H](C)C(=O)NC2CCCCC2)c2ccccc2)cc1. The zero-order chi connectivity index (χ0) is 28.7. The van der Waals surface area contributed by atoms with Gasteiger partial charge in [0.2, 0.25) is 11.8 Å².